The maximum absolute atomic E-state index is 12.8. The first-order chi connectivity index (χ1) is 12.7. The summed E-state index contributed by atoms with van der Waals surface area (Å²) in [5.74, 6) is 0.831. The number of aliphatic imine (C=N–C) groups is 1. The van der Waals surface area contributed by atoms with Crippen LogP contribution in [0.5, 0.6) is 0 Å². The van der Waals surface area contributed by atoms with Crippen molar-refractivity contribution in [2.45, 2.75) is 18.8 Å². The summed E-state index contributed by atoms with van der Waals surface area (Å²) in [6.07, 6.45) is 8.39. The summed E-state index contributed by atoms with van der Waals surface area (Å²) in [6, 6.07) is 14.0. The van der Waals surface area contributed by atoms with Crippen LogP contribution in [-0.2, 0) is 0 Å². The summed E-state index contributed by atoms with van der Waals surface area (Å²) >= 11 is 3.49. The molecule has 3 aliphatic rings. The number of fused-ring (bicyclic) bond motifs is 5. The molecule has 0 N–H and O–H groups in total. The highest BCUT2D eigenvalue weighted by Gasteiger charge is 2.40. The number of nitrogens with zero attached hydrogens (tertiary/aromatic N) is 2. The summed E-state index contributed by atoms with van der Waals surface area (Å²) in [5, 5.41) is 0. The van der Waals surface area contributed by atoms with Crippen LogP contribution < -0.4 is 4.90 Å². The number of rotatable bonds is 1. The highest BCUT2D eigenvalue weighted by atomic mass is 79.9. The van der Waals surface area contributed by atoms with E-state index in [9.17, 15) is 4.79 Å². The second-order valence-corrected chi connectivity index (χ2v) is 7.58. The van der Waals surface area contributed by atoms with Gasteiger partial charge in [0.25, 0.3) is 0 Å². The molecule has 0 fully saturated rings. The fraction of sp³-hybridized carbons (Fsp3) is 0.143. The standard InChI is InChI=1S/C21H15BBrN2O/c23-14-10-11-18-16(12-14)20(26)22-19-15-8-4-5-9-17(15)24-21(25(18)19)13-6-2-1-3-7-13/h1-2,4-6,8-12,19H,3,7H2. The van der Waals surface area contributed by atoms with E-state index in [0.29, 0.717) is 0 Å². The van der Waals surface area contributed by atoms with Crippen LogP contribution in [0.15, 0.2) is 75.7 Å². The molecule has 0 bridgehead atoms. The van der Waals surface area contributed by atoms with Crippen LogP contribution in [0.1, 0.15) is 34.7 Å². The lowest BCUT2D eigenvalue weighted by Crippen LogP contribution is -2.47. The second-order valence-electron chi connectivity index (χ2n) is 6.66. The van der Waals surface area contributed by atoms with Crippen LogP contribution in [-0.4, -0.2) is 18.8 Å². The lowest BCUT2D eigenvalue weighted by Gasteiger charge is -2.42. The molecule has 0 amide bonds. The largest absolute Gasteiger partial charge is 0.326 e. The third-order valence-electron chi connectivity index (χ3n) is 5.08. The summed E-state index contributed by atoms with van der Waals surface area (Å²) in [7, 11) is 1.82. The zero-order chi connectivity index (χ0) is 17.7. The minimum absolute atomic E-state index is 0.0659. The van der Waals surface area contributed by atoms with Crippen molar-refractivity contribution >= 4 is 46.1 Å². The molecule has 125 valence electrons. The molecule has 1 radical (unpaired) electrons. The van der Waals surface area contributed by atoms with Crippen LogP contribution in [0.4, 0.5) is 11.4 Å². The first-order valence-corrected chi connectivity index (χ1v) is 9.53. The molecule has 2 heterocycles. The van der Waals surface area contributed by atoms with E-state index in [4.69, 9.17) is 4.99 Å². The molecule has 26 heavy (non-hydrogen) atoms. The van der Waals surface area contributed by atoms with Gasteiger partial charge in [0, 0.05) is 16.0 Å². The molecule has 2 aromatic carbocycles. The minimum atomic E-state index is -0.119. The number of halogens is 1. The van der Waals surface area contributed by atoms with Gasteiger partial charge in [0.2, 0.25) is 7.28 Å². The number of allylic oxidation sites excluding steroid dienone is 3. The molecule has 0 saturated carbocycles. The SMILES string of the molecule is O=C1[B]C2c3ccccc3N=C(C3=CC=CCC3)N2c2ccc(Br)cc21. The Hall–Kier alpha value is -2.40. The van der Waals surface area contributed by atoms with Crippen LogP contribution in [0.2, 0.25) is 0 Å². The normalized spacial score (nSPS) is 20.4. The van der Waals surface area contributed by atoms with Crippen LogP contribution in [0.25, 0.3) is 0 Å². The Bertz CT molecular complexity index is 1020. The van der Waals surface area contributed by atoms with Crippen LogP contribution in [0, 0.1) is 0 Å². The van der Waals surface area contributed by atoms with Gasteiger partial charge in [-0.05, 0) is 48.2 Å². The zero-order valence-corrected chi connectivity index (χ0v) is 15.6. The molecule has 2 aromatic rings. The molecule has 1 atom stereocenters. The van der Waals surface area contributed by atoms with Gasteiger partial charge >= 0.3 is 0 Å². The van der Waals surface area contributed by atoms with Gasteiger partial charge in [-0.25, -0.2) is 4.99 Å². The molecule has 5 rings (SSSR count). The molecule has 1 unspecified atom stereocenters. The average molecular weight is 402 g/mol. The second kappa shape index (κ2) is 6.10. The van der Waals surface area contributed by atoms with Gasteiger partial charge in [-0.2, -0.15) is 0 Å². The maximum Gasteiger partial charge on any atom is 0.244 e. The lowest BCUT2D eigenvalue weighted by molar-refractivity contribution is 0.107. The highest BCUT2D eigenvalue weighted by Crippen LogP contribution is 2.44. The number of para-hydroxylation sites is 1. The Morgan fingerprint density at radius 3 is 2.92 bits per heavy atom. The lowest BCUT2D eigenvalue weighted by atomic mass is 9.57. The Labute approximate surface area is 161 Å². The first kappa shape index (κ1) is 15.8. The fourth-order valence-corrected chi connectivity index (χ4v) is 4.23. The molecule has 2 aliphatic heterocycles. The number of hydrogen-bond acceptors (Lipinski definition) is 3. The number of carbonyl (C=O) groups is 1. The topological polar surface area (TPSA) is 32.7 Å². The van der Waals surface area contributed by atoms with Gasteiger partial charge in [0.1, 0.15) is 11.5 Å². The summed E-state index contributed by atoms with van der Waals surface area (Å²) in [6.45, 7) is 0. The molecule has 5 heteroatoms. The number of benzene rings is 2. The quantitative estimate of drug-likeness (QED) is 0.620. The van der Waals surface area contributed by atoms with Crippen molar-refractivity contribution in [3.63, 3.8) is 0 Å². The number of carbonyl (C=O) groups excluding carboxylic acids is 1. The van der Waals surface area contributed by atoms with Gasteiger partial charge in [0.15, 0.2) is 0 Å². The van der Waals surface area contributed by atoms with Gasteiger partial charge in [-0.3, -0.25) is 0 Å². The molecule has 1 aliphatic carbocycles. The number of hydrogen-bond donors (Lipinski definition) is 0. The summed E-state index contributed by atoms with van der Waals surface area (Å²) in [4.78, 5) is 20.0. The Balaban J connectivity index is 1.76. The summed E-state index contributed by atoms with van der Waals surface area (Å²) < 4.78 is 0.909. The van der Waals surface area contributed by atoms with E-state index in [1.165, 1.54) is 5.57 Å². The van der Waals surface area contributed by atoms with E-state index in [0.717, 1.165) is 45.7 Å². The van der Waals surface area contributed by atoms with E-state index in [-0.39, 0.29) is 11.6 Å². The van der Waals surface area contributed by atoms with Gasteiger partial charge in [0.05, 0.1) is 11.4 Å². The van der Waals surface area contributed by atoms with Gasteiger partial charge < -0.3 is 9.69 Å². The van der Waals surface area contributed by atoms with E-state index < -0.39 is 0 Å². The maximum atomic E-state index is 12.8. The van der Waals surface area contributed by atoms with E-state index >= 15 is 0 Å². The predicted octanol–water partition coefficient (Wildman–Crippen LogP) is 5.13. The van der Waals surface area contributed by atoms with E-state index in [1.54, 1.807) is 0 Å². The van der Waals surface area contributed by atoms with Crippen LogP contribution >= 0.6 is 15.9 Å². The smallest absolute Gasteiger partial charge is 0.244 e. The third-order valence-corrected chi connectivity index (χ3v) is 5.58. The van der Waals surface area contributed by atoms with Gasteiger partial charge in [-0.15, -0.1) is 0 Å². The number of amidine groups is 1. The van der Waals surface area contributed by atoms with Crippen molar-refractivity contribution in [3.05, 3.63) is 81.9 Å². The Kier molecular flexibility index (Phi) is 3.71. The zero-order valence-electron chi connectivity index (χ0n) is 14.0. The van der Waals surface area contributed by atoms with Crippen LogP contribution in [0.3, 0.4) is 0 Å². The number of anilines is 1. The molecular formula is C21H15BBrN2O. The molecule has 0 spiro atoms. The first-order valence-electron chi connectivity index (χ1n) is 8.74. The molecule has 3 nitrogen and oxygen atoms in total. The Morgan fingerprint density at radius 2 is 2.08 bits per heavy atom. The minimum Gasteiger partial charge on any atom is -0.326 e. The van der Waals surface area contributed by atoms with Crippen molar-refractivity contribution in [2.24, 2.45) is 4.99 Å². The highest BCUT2D eigenvalue weighted by molar-refractivity contribution is 9.10. The van der Waals surface area contributed by atoms with E-state index in [2.05, 4.69) is 45.1 Å². The van der Waals surface area contributed by atoms with Gasteiger partial charge in [-0.1, -0.05) is 52.4 Å². The molecular weight excluding hydrogens is 387 g/mol. The van der Waals surface area contributed by atoms with Crippen molar-refractivity contribution in [1.82, 2.24) is 0 Å². The van der Waals surface area contributed by atoms with Crippen molar-refractivity contribution in [2.75, 3.05) is 4.90 Å². The Morgan fingerprint density at radius 1 is 1.19 bits per heavy atom. The van der Waals surface area contributed by atoms with Crippen molar-refractivity contribution in [1.29, 1.82) is 0 Å². The molecule has 0 saturated heterocycles. The fourth-order valence-electron chi connectivity index (χ4n) is 3.87. The van der Waals surface area contributed by atoms with E-state index in [1.807, 2.05) is 43.7 Å². The van der Waals surface area contributed by atoms with Crippen molar-refractivity contribution < 1.29 is 4.79 Å². The third kappa shape index (κ3) is 2.42. The van der Waals surface area contributed by atoms with Crippen molar-refractivity contribution in [3.8, 4) is 0 Å². The monoisotopic (exact) mass is 401 g/mol. The predicted molar refractivity (Wildman–Crippen MR) is 109 cm³/mol. The summed E-state index contributed by atoms with van der Waals surface area (Å²) in [5.41, 5.74) is 4.94. The molecule has 0 aromatic heterocycles. The average Bonchev–Trinajstić information content (AvgIpc) is 2.68.